The lowest BCUT2D eigenvalue weighted by molar-refractivity contribution is -0.120. The Bertz CT molecular complexity index is 876. The summed E-state index contributed by atoms with van der Waals surface area (Å²) in [6, 6.07) is 5.04. The first-order chi connectivity index (χ1) is 11.5. The van der Waals surface area contributed by atoms with Crippen LogP contribution in [0.4, 0.5) is 5.82 Å². The Morgan fingerprint density at radius 1 is 1.33 bits per heavy atom. The van der Waals surface area contributed by atoms with Crippen LogP contribution in [-0.4, -0.2) is 33.8 Å². The Balaban J connectivity index is 1.81. The largest absolute Gasteiger partial charge is 0.364 e. The van der Waals surface area contributed by atoms with Crippen LogP contribution >= 0.6 is 23.2 Å². The Kier molecular flexibility index (Phi) is 6.10. The highest BCUT2D eigenvalue weighted by atomic mass is 35.5. The van der Waals surface area contributed by atoms with E-state index in [0.29, 0.717) is 15.6 Å². The zero-order valence-electron chi connectivity index (χ0n) is 12.1. The molecule has 0 aliphatic carbocycles. The van der Waals surface area contributed by atoms with Gasteiger partial charge in [-0.2, -0.15) is 5.10 Å². The van der Waals surface area contributed by atoms with E-state index in [9.17, 15) is 14.4 Å². The molecular weight excluding hydrogens is 359 g/mol. The molecule has 0 spiro atoms. The van der Waals surface area contributed by atoms with Crippen molar-refractivity contribution in [3.8, 4) is 0 Å². The van der Waals surface area contributed by atoms with Crippen LogP contribution in [0, 0.1) is 0 Å². The quantitative estimate of drug-likeness (QED) is 0.439. The Hall–Kier alpha value is -2.65. The van der Waals surface area contributed by atoms with Gasteiger partial charge < -0.3 is 5.32 Å². The number of aromatic nitrogens is 3. The molecule has 126 valence electrons. The zero-order chi connectivity index (χ0) is 17.5. The van der Waals surface area contributed by atoms with Crippen LogP contribution in [0.1, 0.15) is 12.0 Å². The summed E-state index contributed by atoms with van der Waals surface area (Å²) < 4.78 is 0. The van der Waals surface area contributed by atoms with Crippen molar-refractivity contribution < 1.29 is 4.79 Å². The molecule has 0 aliphatic rings. The zero-order valence-corrected chi connectivity index (χ0v) is 13.6. The van der Waals surface area contributed by atoms with Crippen molar-refractivity contribution in [1.29, 1.82) is 0 Å². The van der Waals surface area contributed by atoms with Gasteiger partial charge in [-0.05, 0) is 6.07 Å². The fourth-order valence-electron chi connectivity index (χ4n) is 1.61. The van der Waals surface area contributed by atoms with Crippen LogP contribution < -0.4 is 22.0 Å². The molecule has 9 nitrogen and oxygen atoms in total. The van der Waals surface area contributed by atoms with Crippen LogP contribution in [0.5, 0.6) is 0 Å². The number of hydrogen-bond donors (Lipinski definition) is 4. The molecule has 0 atom stereocenters. The molecule has 2 rings (SSSR count). The normalized spacial score (nSPS) is 10.8. The Morgan fingerprint density at radius 2 is 2.12 bits per heavy atom. The maximum Gasteiger partial charge on any atom is 0.342 e. The molecule has 0 fully saturated rings. The number of H-pyrrole nitrogens is 2. The van der Waals surface area contributed by atoms with Crippen LogP contribution in [-0.2, 0) is 4.79 Å². The second-order valence-corrected chi connectivity index (χ2v) is 5.25. The highest BCUT2D eigenvalue weighted by Crippen LogP contribution is 2.23. The highest BCUT2D eigenvalue weighted by Gasteiger charge is 2.04. The smallest absolute Gasteiger partial charge is 0.342 e. The number of amides is 1. The molecule has 11 heteroatoms. The van der Waals surface area contributed by atoms with Crippen molar-refractivity contribution >= 4 is 41.1 Å². The van der Waals surface area contributed by atoms with E-state index >= 15 is 0 Å². The van der Waals surface area contributed by atoms with E-state index in [1.54, 1.807) is 18.2 Å². The van der Waals surface area contributed by atoms with E-state index in [4.69, 9.17) is 23.2 Å². The topological polar surface area (TPSA) is 132 Å². The van der Waals surface area contributed by atoms with Gasteiger partial charge in [0.25, 0.3) is 5.56 Å². The van der Waals surface area contributed by atoms with Crippen LogP contribution in [0.2, 0.25) is 10.0 Å². The first kappa shape index (κ1) is 17.7. The minimum Gasteiger partial charge on any atom is -0.364 e. The van der Waals surface area contributed by atoms with Gasteiger partial charge in [-0.3, -0.25) is 14.6 Å². The number of benzene rings is 1. The van der Waals surface area contributed by atoms with Gasteiger partial charge in [-0.15, -0.1) is 5.10 Å². The van der Waals surface area contributed by atoms with Crippen LogP contribution in [0.25, 0.3) is 0 Å². The molecule has 2 aromatic rings. The molecule has 1 aromatic carbocycles. The van der Waals surface area contributed by atoms with Gasteiger partial charge in [-0.1, -0.05) is 35.3 Å². The standard InChI is InChI=1S/C13H12Cl2N6O3/c14-8-3-1-2-7(10(8)15)6-17-19-9(22)4-5-16-11-12(23)18-13(24)21-20-11/h1-3,6H,4-5H2,(H,16,20)(H,19,22)(H2,18,21,23,24)/b17-6+. The van der Waals surface area contributed by atoms with Gasteiger partial charge in [-0.25, -0.2) is 15.3 Å². The molecule has 1 heterocycles. The molecule has 1 aromatic heterocycles. The van der Waals surface area contributed by atoms with Crippen molar-refractivity contribution in [3.63, 3.8) is 0 Å². The average Bonchev–Trinajstić information content (AvgIpc) is 2.53. The van der Waals surface area contributed by atoms with E-state index in [2.05, 4.69) is 26.0 Å². The van der Waals surface area contributed by atoms with Crippen molar-refractivity contribution in [2.75, 3.05) is 11.9 Å². The molecule has 24 heavy (non-hydrogen) atoms. The third-order valence-corrected chi connectivity index (χ3v) is 3.56. The summed E-state index contributed by atoms with van der Waals surface area (Å²) in [6.45, 7) is 0.126. The average molecular weight is 371 g/mol. The summed E-state index contributed by atoms with van der Waals surface area (Å²) in [7, 11) is 0. The number of halogens is 2. The van der Waals surface area contributed by atoms with Gasteiger partial charge in [0.2, 0.25) is 11.7 Å². The van der Waals surface area contributed by atoms with E-state index in [0.717, 1.165) is 0 Å². The number of carbonyl (C=O) groups is 1. The number of nitrogens with one attached hydrogen (secondary N) is 4. The second-order valence-electron chi connectivity index (χ2n) is 4.47. The van der Waals surface area contributed by atoms with Gasteiger partial charge in [0, 0.05) is 18.5 Å². The van der Waals surface area contributed by atoms with E-state index in [1.165, 1.54) is 6.21 Å². The minimum atomic E-state index is -0.711. The molecule has 0 radical (unpaired) electrons. The molecule has 0 aliphatic heterocycles. The van der Waals surface area contributed by atoms with Gasteiger partial charge in [0.1, 0.15) is 0 Å². The fraction of sp³-hybridized carbons (Fsp3) is 0.154. The van der Waals surface area contributed by atoms with Crippen LogP contribution in [0.15, 0.2) is 32.9 Å². The Labute approximate surface area is 145 Å². The third-order valence-electron chi connectivity index (χ3n) is 2.73. The predicted octanol–water partition coefficient (Wildman–Crippen LogP) is 0.717. The van der Waals surface area contributed by atoms with E-state index in [1.807, 2.05) is 4.98 Å². The SMILES string of the molecule is O=C(CCNc1n[nH]c(=O)[nH]c1=O)N/N=C/c1cccc(Cl)c1Cl. The maximum absolute atomic E-state index is 11.6. The lowest BCUT2D eigenvalue weighted by Gasteiger charge is -2.03. The van der Waals surface area contributed by atoms with E-state index in [-0.39, 0.29) is 18.8 Å². The highest BCUT2D eigenvalue weighted by molar-refractivity contribution is 6.43. The minimum absolute atomic E-state index is 0.0286. The monoisotopic (exact) mass is 370 g/mol. The third kappa shape index (κ3) is 4.93. The van der Waals surface area contributed by atoms with Crippen molar-refractivity contribution in [2.24, 2.45) is 5.10 Å². The number of aromatic amines is 2. The van der Waals surface area contributed by atoms with Gasteiger partial charge in [0.15, 0.2) is 0 Å². The number of carbonyl (C=O) groups excluding carboxylic acids is 1. The van der Waals surface area contributed by atoms with Crippen LogP contribution in [0.3, 0.4) is 0 Å². The summed E-state index contributed by atoms with van der Waals surface area (Å²) in [5, 5.41) is 12.7. The summed E-state index contributed by atoms with van der Waals surface area (Å²) >= 11 is 11.8. The second kappa shape index (κ2) is 8.27. The summed E-state index contributed by atoms with van der Waals surface area (Å²) in [4.78, 5) is 35.8. The number of rotatable bonds is 6. The number of nitrogens with zero attached hydrogens (tertiary/aromatic N) is 2. The van der Waals surface area contributed by atoms with Crippen molar-refractivity contribution in [1.82, 2.24) is 20.6 Å². The lowest BCUT2D eigenvalue weighted by Crippen LogP contribution is -2.28. The fourth-order valence-corrected chi connectivity index (χ4v) is 1.97. The number of anilines is 1. The first-order valence-corrected chi connectivity index (χ1v) is 7.42. The molecule has 0 saturated carbocycles. The Morgan fingerprint density at radius 3 is 2.88 bits per heavy atom. The maximum atomic E-state index is 11.6. The molecular formula is C13H12Cl2N6O3. The number of hydrazone groups is 1. The lowest BCUT2D eigenvalue weighted by atomic mass is 10.2. The number of hydrogen-bond acceptors (Lipinski definition) is 6. The summed E-state index contributed by atoms with van der Waals surface area (Å²) in [5.74, 6) is -0.477. The molecule has 4 N–H and O–H groups in total. The van der Waals surface area contributed by atoms with Crippen molar-refractivity contribution in [3.05, 3.63) is 54.6 Å². The summed E-state index contributed by atoms with van der Waals surface area (Å²) in [5.41, 5.74) is 1.49. The molecule has 1 amide bonds. The molecule has 0 bridgehead atoms. The first-order valence-electron chi connectivity index (χ1n) is 6.66. The van der Waals surface area contributed by atoms with Gasteiger partial charge in [0.05, 0.1) is 16.3 Å². The van der Waals surface area contributed by atoms with E-state index < -0.39 is 17.2 Å². The predicted molar refractivity (Wildman–Crippen MR) is 90.8 cm³/mol. The molecule has 0 saturated heterocycles. The van der Waals surface area contributed by atoms with Gasteiger partial charge >= 0.3 is 5.69 Å². The summed E-state index contributed by atoms with van der Waals surface area (Å²) in [6.07, 6.45) is 1.40. The van der Waals surface area contributed by atoms with Crippen molar-refractivity contribution in [2.45, 2.75) is 6.42 Å². The molecule has 0 unspecified atom stereocenters.